The third kappa shape index (κ3) is 5.40. The van der Waals surface area contributed by atoms with Crippen molar-refractivity contribution in [2.45, 2.75) is 18.9 Å². The van der Waals surface area contributed by atoms with Gasteiger partial charge >= 0.3 is 5.97 Å². The van der Waals surface area contributed by atoms with Gasteiger partial charge in [0.1, 0.15) is 5.75 Å². The topological polar surface area (TPSA) is 127 Å². The number of hydrogen-bond donors (Lipinski definition) is 4. The third-order valence-corrected chi connectivity index (χ3v) is 7.05. The third-order valence-electron chi connectivity index (χ3n) is 6.81. The van der Waals surface area contributed by atoms with Gasteiger partial charge in [0.2, 0.25) is 0 Å². The van der Waals surface area contributed by atoms with Crippen molar-refractivity contribution >= 4 is 40.8 Å². The molecule has 4 aromatic rings. The number of phenols is 1. The van der Waals surface area contributed by atoms with Crippen molar-refractivity contribution in [2.75, 3.05) is 16.8 Å². The molecule has 40 heavy (non-hydrogen) atoms. The molecule has 202 valence electrons. The molecule has 0 radical (unpaired) electrons. The lowest BCUT2D eigenvalue weighted by Crippen LogP contribution is -2.33. The number of aliphatic hydroxyl groups is 1. The van der Waals surface area contributed by atoms with Crippen LogP contribution >= 0.6 is 11.6 Å². The zero-order valence-corrected chi connectivity index (χ0v) is 21.9. The fourth-order valence-corrected chi connectivity index (χ4v) is 5.06. The number of amides is 2. The first-order valence-corrected chi connectivity index (χ1v) is 13.0. The second kappa shape index (κ2) is 11.2. The molecule has 0 saturated heterocycles. The quantitative estimate of drug-likeness (QED) is 0.234. The molecule has 0 fully saturated rings. The number of halogens is 1. The van der Waals surface area contributed by atoms with Gasteiger partial charge in [-0.2, -0.15) is 0 Å². The molecular weight excluding hydrogens is 532 g/mol. The lowest BCUT2D eigenvalue weighted by atomic mass is 9.98. The molecule has 0 aliphatic carbocycles. The Morgan fingerprint density at radius 2 is 1.62 bits per heavy atom. The number of hydrogen-bond acceptors (Lipinski definition) is 5. The number of aromatic hydroxyl groups is 1. The van der Waals surface area contributed by atoms with Crippen molar-refractivity contribution in [3.8, 4) is 16.9 Å². The van der Waals surface area contributed by atoms with Gasteiger partial charge in [-0.25, -0.2) is 4.79 Å². The summed E-state index contributed by atoms with van der Waals surface area (Å²) in [6.07, 6.45) is 0.131. The minimum atomic E-state index is -1.33. The number of aliphatic hydroxyl groups excluding tert-OH is 1. The molecule has 1 atom stereocenters. The van der Waals surface area contributed by atoms with Crippen molar-refractivity contribution in [1.82, 2.24) is 0 Å². The van der Waals surface area contributed by atoms with Crippen LogP contribution in [0.15, 0.2) is 84.9 Å². The highest BCUT2D eigenvalue weighted by Crippen LogP contribution is 2.36. The van der Waals surface area contributed by atoms with Gasteiger partial charge in [0.05, 0.1) is 17.2 Å². The van der Waals surface area contributed by atoms with E-state index in [1.54, 1.807) is 18.2 Å². The van der Waals surface area contributed by atoms with Gasteiger partial charge in [-0.05, 0) is 78.6 Å². The molecule has 0 saturated carbocycles. The van der Waals surface area contributed by atoms with Gasteiger partial charge in [0, 0.05) is 34.1 Å². The Hall–Kier alpha value is -4.66. The van der Waals surface area contributed by atoms with Crippen molar-refractivity contribution in [1.29, 1.82) is 0 Å². The van der Waals surface area contributed by atoms with Crippen LogP contribution in [0.2, 0.25) is 5.02 Å². The molecule has 5 rings (SSSR count). The van der Waals surface area contributed by atoms with Gasteiger partial charge in [0.15, 0.2) is 0 Å². The Bertz CT molecular complexity index is 1620. The molecule has 0 spiro atoms. The monoisotopic (exact) mass is 556 g/mol. The number of carboxylic acid groups (broad SMARTS) is 1. The zero-order chi connectivity index (χ0) is 28.4. The van der Waals surface area contributed by atoms with Gasteiger partial charge in [-0.1, -0.05) is 41.9 Å². The highest BCUT2D eigenvalue weighted by atomic mass is 35.5. The van der Waals surface area contributed by atoms with E-state index in [2.05, 4.69) is 5.32 Å². The van der Waals surface area contributed by atoms with Crippen molar-refractivity contribution < 1.29 is 29.7 Å². The largest absolute Gasteiger partial charge is 0.508 e. The van der Waals surface area contributed by atoms with Gasteiger partial charge in [-0.3, -0.25) is 9.59 Å². The molecule has 4 N–H and O–H groups in total. The van der Waals surface area contributed by atoms with Crippen LogP contribution in [-0.4, -0.2) is 39.6 Å². The number of benzene rings is 4. The molecular formula is C31H25ClN2O6. The summed E-state index contributed by atoms with van der Waals surface area (Å²) >= 11 is 6.12. The maximum absolute atomic E-state index is 13.7. The van der Waals surface area contributed by atoms with Crippen LogP contribution in [0, 0.1) is 0 Å². The minimum absolute atomic E-state index is 0.00342. The van der Waals surface area contributed by atoms with Crippen LogP contribution in [0.5, 0.6) is 5.75 Å². The number of carboxylic acids is 1. The summed E-state index contributed by atoms with van der Waals surface area (Å²) in [6.45, 7) is 0.283. The van der Waals surface area contributed by atoms with Gasteiger partial charge in [-0.15, -0.1) is 0 Å². The van der Waals surface area contributed by atoms with Crippen LogP contribution in [0.25, 0.3) is 11.1 Å². The first-order valence-electron chi connectivity index (χ1n) is 12.6. The van der Waals surface area contributed by atoms with Gasteiger partial charge in [0.25, 0.3) is 11.8 Å². The molecule has 1 aliphatic heterocycles. The summed E-state index contributed by atoms with van der Waals surface area (Å²) in [5, 5.41) is 33.7. The van der Waals surface area contributed by atoms with Crippen LogP contribution in [0.3, 0.4) is 0 Å². The number of phenolic OH excluding ortho intramolecular Hbond substituents is 1. The predicted octanol–water partition coefficient (Wildman–Crippen LogP) is 6.14. The highest BCUT2D eigenvalue weighted by Gasteiger charge is 2.29. The number of aromatic carboxylic acids is 1. The minimum Gasteiger partial charge on any atom is -0.508 e. The first-order chi connectivity index (χ1) is 19.2. The van der Waals surface area contributed by atoms with Crippen molar-refractivity contribution in [2.24, 2.45) is 0 Å². The number of nitrogens with zero attached hydrogens (tertiary/aromatic N) is 1. The number of nitrogens with one attached hydrogen (secondary N) is 1. The molecule has 1 unspecified atom stereocenters. The molecule has 0 aromatic heterocycles. The van der Waals surface area contributed by atoms with E-state index >= 15 is 0 Å². The van der Waals surface area contributed by atoms with E-state index in [1.165, 1.54) is 41.3 Å². The predicted molar refractivity (Wildman–Crippen MR) is 152 cm³/mol. The van der Waals surface area contributed by atoms with E-state index in [4.69, 9.17) is 11.6 Å². The zero-order valence-electron chi connectivity index (χ0n) is 21.2. The van der Waals surface area contributed by atoms with Crippen LogP contribution < -0.4 is 10.2 Å². The smallest absolute Gasteiger partial charge is 0.336 e. The SMILES string of the molecule is O=C(O)c1cc(NC(=O)c2ccc(O)cc2-c2ccccc2)ccc1C(=O)N1CCCC(O)c2cc(Cl)ccc21. The standard InChI is InChI=1S/C31H25ClN2O6/c32-19-8-13-27-26(15-19)28(36)7-4-14-34(27)30(38)23-11-9-20(16-25(23)31(39)40)33-29(37)22-12-10-21(35)17-24(22)18-5-2-1-3-6-18/h1-3,5-6,8-13,15-17,28,35-36H,4,7,14H2,(H,33,37)(H,39,40). The number of carbonyl (C=O) groups is 3. The number of rotatable bonds is 5. The molecule has 1 heterocycles. The lowest BCUT2D eigenvalue weighted by molar-refractivity contribution is 0.0691. The Kier molecular flexibility index (Phi) is 7.55. The molecule has 4 aromatic carbocycles. The number of fused-ring (bicyclic) bond motifs is 1. The molecule has 8 nitrogen and oxygen atoms in total. The maximum atomic E-state index is 13.7. The Balaban J connectivity index is 1.47. The summed E-state index contributed by atoms with van der Waals surface area (Å²) in [5.41, 5.74) is 2.32. The molecule has 2 amide bonds. The summed E-state index contributed by atoms with van der Waals surface area (Å²) in [7, 11) is 0. The summed E-state index contributed by atoms with van der Waals surface area (Å²) < 4.78 is 0. The van der Waals surface area contributed by atoms with Crippen molar-refractivity contribution in [3.05, 3.63) is 112 Å². The van der Waals surface area contributed by atoms with Crippen LogP contribution in [-0.2, 0) is 0 Å². The Labute approximate surface area is 235 Å². The second-order valence-electron chi connectivity index (χ2n) is 9.43. The van der Waals surface area contributed by atoms with Crippen molar-refractivity contribution in [3.63, 3.8) is 0 Å². The summed E-state index contributed by atoms with van der Waals surface area (Å²) in [4.78, 5) is 40.6. The average Bonchev–Trinajstić information content (AvgIpc) is 3.11. The van der Waals surface area contributed by atoms with E-state index in [1.807, 2.05) is 30.3 Å². The van der Waals surface area contributed by atoms with E-state index in [9.17, 15) is 29.7 Å². The molecule has 0 bridgehead atoms. The van der Waals surface area contributed by atoms with Gasteiger partial charge < -0.3 is 25.5 Å². The van der Waals surface area contributed by atoms with E-state index in [0.717, 1.165) is 5.56 Å². The maximum Gasteiger partial charge on any atom is 0.336 e. The highest BCUT2D eigenvalue weighted by molar-refractivity contribution is 6.30. The van der Waals surface area contributed by atoms with E-state index < -0.39 is 23.9 Å². The van der Waals surface area contributed by atoms with E-state index in [0.29, 0.717) is 34.7 Å². The fourth-order valence-electron chi connectivity index (χ4n) is 4.88. The normalized spacial score (nSPS) is 14.7. The second-order valence-corrected chi connectivity index (χ2v) is 9.87. The average molecular weight is 557 g/mol. The van der Waals surface area contributed by atoms with Crippen LogP contribution in [0.4, 0.5) is 11.4 Å². The molecule has 9 heteroatoms. The Morgan fingerprint density at radius 1 is 0.875 bits per heavy atom. The number of carbonyl (C=O) groups excluding carboxylic acids is 2. The fraction of sp³-hybridized carbons (Fsp3) is 0.129. The lowest BCUT2D eigenvalue weighted by Gasteiger charge is -2.24. The summed E-state index contributed by atoms with van der Waals surface area (Å²) in [5.74, 6) is -2.39. The number of anilines is 2. The first kappa shape index (κ1) is 26.9. The van der Waals surface area contributed by atoms with Crippen LogP contribution in [0.1, 0.15) is 55.6 Å². The molecule has 1 aliphatic rings. The Morgan fingerprint density at radius 3 is 2.38 bits per heavy atom. The van der Waals surface area contributed by atoms with E-state index in [-0.39, 0.29) is 34.7 Å². The summed E-state index contributed by atoms with van der Waals surface area (Å²) in [6, 6.07) is 22.4.